The first-order valence-corrected chi connectivity index (χ1v) is 5.02. The molecular formula is C9H8O3S. The van der Waals surface area contributed by atoms with Crippen molar-refractivity contribution in [3.63, 3.8) is 0 Å². The third-order valence-corrected chi connectivity index (χ3v) is 2.58. The van der Waals surface area contributed by atoms with Crippen molar-refractivity contribution >= 4 is 16.8 Å². The van der Waals surface area contributed by atoms with Gasteiger partial charge in [-0.15, -0.1) is 0 Å². The summed E-state index contributed by atoms with van der Waals surface area (Å²) in [5, 5.41) is 0. The first-order chi connectivity index (χ1) is 6.27. The second kappa shape index (κ2) is 3.22. The Morgan fingerprint density at radius 3 is 2.77 bits per heavy atom. The largest absolute Gasteiger partial charge is 0.488 e. The van der Waals surface area contributed by atoms with Gasteiger partial charge in [-0.25, -0.2) is 8.42 Å². The van der Waals surface area contributed by atoms with Crippen molar-refractivity contribution in [1.82, 2.24) is 0 Å². The lowest BCUT2D eigenvalue weighted by Crippen LogP contribution is -2.07. The average Bonchev–Trinajstić information content (AvgIpc) is 2.17. The van der Waals surface area contributed by atoms with Gasteiger partial charge in [-0.2, -0.15) is 0 Å². The molecule has 0 bridgehead atoms. The van der Waals surface area contributed by atoms with Gasteiger partial charge in [-0.3, -0.25) is 0 Å². The number of thiol groups is 1. The molecule has 1 aromatic carbocycles. The first kappa shape index (κ1) is 8.31. The highest BCUT2D eigenvalue weighted by Gasteiger charge is 2.11. The van der Waals surface area contributed by atoms with Crippen LogP contribution in [-0.2, 0) is 10.7 Å². The molecule has 0 fully saturated rings. The zero-order valence-electron chi connectivity index (χ0n) is 6.77. The van der Waals surface area contributed by atoms with Crippen LogP contribution in [0.5, 0.6) is 5.75 Å². The van der Waals surface area contributed by atoms with E-state index in [0.29, 0.717) is 4.91 Å². The van der Waals surface area contributed by atoms with E-state index in [1.807, 2.05) is 24.3 Å². The van der Waals surface area contributed by atoms with E-state index in [0.717, 1.165) is 11.3 Å². The summed E-state index contributed by atoms with van der Waals surface area (Å²) in [5.74, 6) is 0.739. The van der Waals surface area contributed by atoms with Crippen molar-refractivity contribution in [2.45, 2.75) is 0 Å². The van der Waals surface area contributed by atoms with Gasteiger partial charge in [0.1, 0.15) is 12.4 Å². The molecule has 1 aliphatic heterocycles. The van der Waals surface area contributed by atoms with E-state index in [1.165, 1.54) is 0 Å². The molecule has 4 heteroatoms. The van der Waals surface area contributed by atoms with Gasteiger partial charge in [0.2, 0.25) is 0 Å². The molecule has 0 N–H and O–H groups in total. The molecule has 0 amide bonds. The number of hydrogen-bond acceptors (Lipinski definition) is 3. The predicted octanol–water partition coefficient (Wildman–Crippen LogP) is 1.03. The first-order valence-electron chi connectivity index (χ1n) is 3.84. The van der Waals surface area contributed by atoms with Gasteiger partial charge in [0, 0.05) is 5.56 Å². The molecule has 0 spiro atoms. The fourth-order valence-corrected chi connectivity index (χ4v) is 1.62. The molecule has 13 heavy (non-hydrogen) atoms. The summed E-state index contributed by atoms with van der Waals surface area (Å²) in [6, 6.07) is 7.35. The maximum atomic E-state index is 10.7. The van der Waals surface area contributed by atoms with E-state index in [9.17, 15) is 8.42 Å². The summed E-state index contributed by atoms with van der Waals surface area (Å²) in [6.45, 7) is 0.149. The minimum atomic E-state index is -2.51. The molecule has 0 saturated carbocycles. The summed E-state index contributed by atoms with van der Waals surface area (Å²) in [4.78, 5) is 0.328. The van der Waals surface area contributed by atoms with Gasteiger partial charge in [-0.1, -0.05) is 18.2 Å². The van der Waals surface area contributed by atoms with E-state index in [-0.39, 0.29) is 6.61 Å². The summed E-state index contributed by atoms with van der Waals surface area (Å²) >= 11 is 0. The molecule has 0 aliphatic carbocycles. The molecule has 1 aliphatic rings. The predicted molar refractivity (Wildman–Crippen MR) is 50.2 cm³/mol. The summed E-state index contributed by atoms with van der Waals surface area (Å²) in [5.41, 5.74) is 0.822. The maximum Gasteiger partial charge on any atom is 0.167 e. The fraction of sp³-hybridized carbons (Fsp3) is 0.111. The Hall–Kier alpha value is -1.29. The number of ether oxygens (including phenoxy) is 1. The van der Waals surface area contributed by atoms with Gasteiger partial charge < -0.3 is 4.74 Å². The molecule has 0 saturated heterocycles. The lowest BCUT2D eigenvalue weighted by atomic mass is 10.1. The Kier molecular flexibility index (Phi) is 2.06. The van der Waals surface area contributed by atoms with Crippen molar-refractivity contribution in [3.05, 3.63) is 34.7 Å². The molecule has 0 radical (unpaired) electrons. The van der Waals surface area contributed by atoms with Gasteiger partial charge in [0.25, 0.3) is 0 Å². The molecule has 2 rings (SSSR count). The highest BCUT2D eigenvalue weighted by molar-refractivity contribution is 7.77. The Morgan fingerprint density at radius 1 is 1.23 bits per heavy atom. The summed E-state index contributed by atoms with van der Waals surface area (Å²) in [6.07, 6.45) is 1.64. The minimum absolute atomic E-state index is 0.149. The SMILES string of the molecule is O=[SH](=O)C1=Cc2ccccc2OC1. The normalized spacial score (nSPS) is 14.7. The van der Waals surface area contributed by atoms with Crippen LogP contribution in [0.4, 0.5) is 0 Å². The Labute approximate surface area is 77.6 Å². The third kappa shape index (κ3) is 1.58. The van der Waals surface area contributed by atoms with Gasteiger partial charge in [0.15, 0.2) is 10.7 Å². The van der Waals surface area contributed by atoms with Crippen LogP contribution in [0.3, 0.4) is 0 Å². The highest BCUT2D eigenvalue weighted by atomic mass is 32.2. The van der Waals surface area contributed by atoms with E-state index in [1.54, 1.807) is 6.08 Å². The molecule has 1 aromatic rings. The van der Waals surface area contributed by atoms with Crippen LogP contribution in [0.25, 0.3) is 6.08 Å². The standard InChI is InChI=1S/C9H8O3S/c10-13(11)8-5-7-3-1-2-4-9(7)12-6-8/h1-5,13H,6H2. The van der Waals surface area contributed by atoms with Crippen LogP contribution in [0, 0.1) is 0 Å². The van der Waals surface area contributed by atoms with Gasteiger partial charge >= 0.3 is 0 Å². The average molecular weight is 196 g/mol. The molecule has 3 nitrogen and oxygen atoms in total. The molecule has 0 aromatic heterocycles. The van der Waals surface area contributed by atoms with E-state index >= 15 is 0 Å². The zero-order valence-corrected chi connectivity index (χ0v) is 7.66. The van der Waals surface area contributed by atoms with Crippen LogP contribution in [-0.4, -0.2) is 15.0 Å². The lowest BCUT2D eigenvalue weighted by Gasteiger charge is -2.13. The van der Waals surface area contributed by atoms with Crippen LogP contribution in [0.2, 0.25) is 0 Å². The summed E-state index contributed by atoms with van der Waals surface area (Å²) in [7, 11) is -2.51. The quantitative estimate of drug-likeness (QED) is 0.682. The second-order valence-electron chi connectivity index (χ2n) is 2.72. The molecular weight excluding hydrogens is 188 g/mol. The van der Waals surface area contributed by atoms with Crippen molar-refractivity contribution in [1.29, 1.82) is 0 Å². The Balaban J connectivity index is 2.50. The highest BCUT2D eigenvalue weighted by Crippen LogP contribution is 2.25. The Bertz CT molecular complexity index is 424. The minimum Gasteiger partial charge on any atom is -0.488 e. The van der Waals surface area contributed by atoms with Gasteiger partial charge in [0.05, 0.1) is 4.91 Å². The molecule has 0 unspecified atom stereocenters. The molecule has 68 valence electrons. The maximum absolute atomic E-state index is 10.7. The number of para-hydroxylation sites is 1. The molecule has 0 atom stereocenters. The number of hydrogen-bond donors (Lipinski definition) is 1. The number of rotatable bonds is 1. The molecule has 1 heterocycles. The number of fused-ring (bicyclic) bond motifs is 1. The summed E-state index contributed by atoms with van der Waals surface area (Å²) < 4.78 is 26.6. The second-order valence-corrected chi connectivity index (χ2v) is 3.81. The van der Waals surface area contributed by atoms with Crippen LogP contribution >= 0.6 is 0 Å². The lowest BCUT2D eigenvalue weighted by molar-refractivity contribution is 0.354. The van der Waals surface area contributed by atoms with Crippen LogP contribution in [0.15, 0.2) is 29.2 Å². The third-order valence-electron chi connectivity index (χ3n) is 1.85. The number of benzene rings is 1. The zero-order chi connectivity index (χ0) is 9.26. The van der Waals surface area contributed by atoms with E-state index in [2.05, 4.69) is 0 Å². The Morgan fingerprint density at radius 2 is 2.00 bits per heavy atom. The fourth-order valence-electron chi connectivity index (χ4n) is 1.21. The van der Waals surface area contributed by atoms with Crippen molar-refractivity contribution in [2.24, 2.45) is 0 Å². The van der Waals surface area contributed by atoms with Crippen molar-refractivity contribution in [3.8, 4) is 5.75 Å². The van der Waals surface area contributed by atoms with E-state index in [4.69, 9.17) is 4.74 Å². The van der Waals surface area contributed by atoms with E-state index < -0.39 is 10.7 Å². The van der Waals surface area contributed by atoms with Crippen LogP contribution < -0.4 is 4.74 Å². The van der Waals surface area contributed by atoms with Crippen molar-refractivity contribution < 1.29 is 13.2 Å². The topological polar surface area (TPSA) is 43.4 Å². The van der Waals surface area contributed by atoms with Gasteiger partial charge in [-0.05, 0) is 12.1 Å². The monoisotopic (exact) mass is 196 g/mol. The van der Waals surface area contributed by atoms with Crippen molar-refractivity contribution in [2.75, 3.05) is 6.61 Å². The smallest absolute Gasteiger partial charge is 0.167 e. The van der Waals surface area contributed by atoms with Crippen LogP contribution in [0.1, 0.15) is 5.56 Å².